The highest BCUT2D eigenvalue weighted by atomic mass is 28.3. The van der Waals surface area contributed by atoms with E-state index in [0.717, 1.165) is 39.0 Å². The van der Waals surface area contributed by atoms with Crippen LogP contribution in [0.3, 0.4) is 0 Å². The molecule has 6 aromatic carbocycles. The molecule has 7 aromatic rings. The van der Waals surface area contributed by atoms with Crippen LogP contribution in [0.2, 0.25) is 19.6 Å². The van der Waals surface area contributed by atoms with Crippen LogP contribution >= 0.6 is 0 Å². The molecule has 0 saturated heterocycles. The maximum atomic E-state index is 6.57. The van der Waals surface area contributed by atoms with Gasteiger partial charge >= 0.3 is 0 Å². The van der Waals surface area contributed by atoms with E-state index in [-0.39, 0.29) is 5.41 Å². The highest BCUT2D eigenvalue weighted by molar-refractivity contribution is 6.88. The minimum absolute atomic E-state index is 0.0427. The molecule has 0 radical (unpaired) electrons. The first kappa shape index (κ1) is 28.9. The van der Waals surface area contributed by atoms with E-state index >= 15 is 0 Å². The Balaban J connectivity index is 1.35. The lowest BCUT2D eigenvalue weighted by Crippen LogP contribution is -2.37. The van der Waals surface area contributed by atoms with E-state index in [1.165, 1.54) is 32.3 Å². The minimum atomic E-state index is -1.41. The summed E-state index contributed by atoms with van der Waals surface area (Å²) < 4.78 is 6.57. The zero-order valence-electron chi connectivity index (χ0n) is 26.8. The lowest BCUT2D eigenvalue weighted by atomic mass is 9.85. The summed E-state index contributed by atoms with van der Waals surface area (Å²) in [5.41, 5.74) is 7.86. The van der Waals surface area contributed by atoms with Gasteiger partial charge in [0.05, 0.1) is 19.3 Å². The Labute approximate surface area is 266 Å². The molecule has 0 aliphatic heterocycles. The molecule has 0 N–H and O–H groups in total. The molecule has 0 saturated carbocycles. The van der Waals surface area contributed by atoms with Crippen molar-refractivity contribution in [3.05, 3.63) is 126 Å². The topological polar surface area (TPSA) is 38.4 Å². The normalized spacial score (nSPS) is 12.6. The number of oxazole rings is 1. The molecule has 3 nitrogen and oxygen atoms in total. The lowest BCUT2D eigenvalue weighted by Gasteiger charge is -2.20. The van der Waals surface area contributed by atoms with Crippen molar-refractivity contribution in [1.82, 2.24) is 4.98 Å². The number of benzene rings is 6. The van der Waals surface area contributed by atoms with Gasteiger partial charge < -0.3 is 4.42 Å². The van der Waals surface area contributed by atoms with Crippen LogP contribution in [0.15, 0.2) is 125 Å². The van der Waals surface area contributed by atoms with Gasteiger partial charge in [-0.1, -0.05) is 131 Å². The first-order chi connectivity index (χ1) is 21.6. The van der Waals surface area contributed by atoms with E-state index in [4.69, 9.17) is 14.4 Å². The van der Waals surface area contributed by atoms with Crippen LogP contribution in [0.1, 0.15) is 31.9 Å². The summed E-state index contributed by atoms with van der Waals surface area (Å²) in [5.74, 6) is 0.576. The Morgan fingerprint density at radius 3 is 2.09 bits per heavy atom. The van der Waals surface area contributed by atoms with E-state index in [2.05, 4.69) is 131 Å². The van der Waals surface area contributed by atoms with Gasteiger partial charge in [0.25, 0.3) is 0 Å². The number of hydrogen-bond acceptors (Lipinski definition) is 3. The Morgan fingerprint density at radius 2 is 1.36 bits per heavy atom. The second-order valence-corrected chi connectivity index (χ2v) is 19.1. The molecule has 222 valence electrons. The van der Waals surface area contributed by atoms with Crippen molar-refractivity contribution in [3.8, 4) is 22.6 Å². The summed E-state index contributed by atoms with van der Waals surface area (Å²) in [6, 6.07) is 40.9. The van der Waals surface area contributed by atoms with Crippen molar-refractivity contribution >= 4 is 57.8 Å². The summed E-state index contributed by atoms with van der Waals surface area (Å²) >= 11 is 0. The molecule has 0 fully saturated rings. The zero-order chi connectivity index (χ0) is 31.3. The van der Waals surface area contributed by atoms with Gasteiger partial charge in [-0.3, -0.25) is 4.99 Å². The highest BCUT2D eigenvalue weighted by Gasteiger charge is 2.22. The lowest BCUT2D eigenvalue weighted by molar-refractivity contribution is 0.584. The van der Waals surface area contributed by atoms with Crippen molar-refractivity contribution in [1.29, 1.82) is 0 Å². The van der Waals surface area contributed by atoms with Crippen LogP contribution in [0.4, 0.5) is 5.69 Å². The molecular formula is C41H38N2OSi. The van der Waals surface area contributed by atoms with Gasteiger partial charge in [-0.15, -0.1) is 0 Å². The van der Waals surface area contributed by atoms with Crippen LogP contribution in [0.5, 0.6) is 0 Å². The third-order valence-electron chi connectivity index (χ3n) is 8.70. The molecular weight excluding hydrogens is 565 g/mol. The number of para-hydroxylation sites is 1. The average molecular weight is 603 g/mol. The molecule has 4 heteroatoms. The second-order valence-electron chi connectivity index (χ2n) is 14.0. The summed E-state index contributed by atoms with van der Waals surface area (Å²) in [6.45, 7) is 13.9. The summed E-state index contributed by atoms with van der Waals surface area (Å²) in [7, 11) is -1.41. The summed E-state index contributed by atoms with van der Waals surface area (Å²) in [4.78, 5) is 10.2. The van der Waals surface area contributed by atoms with Crippen molar-refractivity contribution < 1.29 is 4.42 Å². The third-order valence-corrected chi connectivity index (χ3v) is 10.8. The predicted octanol–water partition coefficient (Wildman–Crippen LogP) is 11.1. The van der Waals surface area contributed by atoms with Crippen molar-refractivity contribution in [2.24, 2.45) is 4.99 Å². The molecule has 0 unspecified atom stereocenters. The van der Waals surface area contributed by atoms with Gasteiger partial charge in [0.15, 0.2) is 5.58 Å². The Hall–Kier alpha value is -4.80. The van der Waals surface area contributed by atoms with Crippen LogP contribution < -0.4 is 5.19 Å². The molecule has 0 bridgehead atoms. The first-order valence-electron chi connectivity index (χ1n) is 15.7. The number of rotatable bonds is 5. The van der Waals surface area contributed by atoms with Gasteiger partial charge in [-0.05, 0) is 68.4 Å². The summed E-state index contributed by atoms with van der Waals surface area (Å²) in [6.07, 6.45) is 1.97. The fourth-order valence-electron chi connectivity index (χ4n) is 6.04. The third kappa shape index (κ3) is 5.51. The zero-order valence-corrected chi connectivity index (χ0v) is 27.8. The monoisotopic (exact) mass is 602 g/mol. The van der Waals surface area contributed by atoms with Crippen LogP contribution in [0.25, 0.3) is 55.2 Å². The van der Waals surface area contributed by atoms with Crippen LogP contribution in [-0.2, 0) is 5.41 Å². The fraction of sp³-hybridized carbons (Fsp3) is 0.171. The number of aliphatic imine (C=N–C) groups is 1. The van der Waals surface area contributed by atoms with E-state index in [1.807, 2.05) is 30.5 Å². The first-order valence-corrected chi connectivity index (χ1v) is 19.2. The molecule has 1 heterocycles. The molecule has 0 atom stereocenters. The van der Waals surface area contributed by atoms with Gasteiger partial charge in [0.1, 0.15) is 5.52 Å². The number of nitrogens with zero attached hydrogens (tertiary/aromatic N) is 2. The largest absolute Gasteiger partial charge is 0.436 e. The molecule has 1 aromatic heterocycles. The maximum Gasteiger partial charge on any atom is 0.229 e. The Bertz CT molecular complexity index is 2230. The minimum Gasteiger partial charge on any atom is -0.436 e. The molecule has 0 amide bonds. The van der Waals surface area contributed by atoms with E-state index < -0.39 is 8.07 Å². The smallest absolute Gasteiger partial charge is 0.229 e. The Morgan fingerprint density at radius 1 is 0.689 bits per heavy atom. The van der Waals surface area contributed by atoms with Gasteiger partial charge in [0.2, 0.25) is 5.89 Å². The standard InChI is InChI=1S/C41H38N2OSi/c1-41(2,3)30-24-36(27-19-21-31(22-20-27)45(4,5)6)39-38(25-30)44-40(43-39)35-17-11-12-18-37(35)42-26-29-23-28-13-7-8-14-32(28)34-16-10-9-15-33(29)34/h7-26H,1-6H3. The average Bonchev–Trinajstić information content (AvgIpc) is 3.47. The van der Waals surface area contributed by atoms with Crippen molar-refractivity contribution in [2.75, 3.05) is 0 Å². The molecule has 0 aliphatic carbocycles. The van der Waals surface area contributed by atoms with Crippen LogP contribution in [-0.4, -0.2) is 19.3 Å². The number of fused-ring (bicyclic) bond motifs is 4. The van der Waals surface area contributed by atoms with Gasteiger partial charge in [-0.2, -0.15) is 0 Å². The van der Waals surface area contributed by atoms with E-state index in [9.17, 15) is 0 Å². The number of aromatic nitrogens is 1. The predicted molar refractivity (Wildman–Crippen MR) is 195 cm³/mol. The summed E-state index contributed by atoms with van der Waals surface area (Å²) in [5, 5.41) is 6.30. The quantitative estimate of drug-likeness (QED) is 0.112. The highest BCUT2D eigenvalue weighted by Crippen LogP contribution is 2.39. The van der Waals surface area contributed by atoms with Crippen molar-refractivity contribution in [3.63, 3.8) is 0 Å². The maximum absolute atomic E-state index is 6.57. The van der Waals surface area contributed by atoms with E-state index in [1.54, 1.807) is 0 Å². The number of hydrogen-bond donors (Lipinski definition) is 0. The van der Waals surface area contributed by atoms with Gasteiger partial charge in [0, 0.05) is 17.3 Å². The van der Waals surface area contributed by atoms with Crippen molar-refractivity contribution in [2.45, 2.75) is 45.8 Å². The van der Waals surface area contributed by atoms with Crippen LogP contribution in [0, 0.1) is 0 Å². The molecule has 7 rings (SSSR count). The second kappa shape index (κ2) is 11.0. The van der Waals surface area contributed by atoms with Gasteiger partial charge in [-0.25, -0.2) is 4.98 Å². The molecule has 45 heavy (non-hydrogen) atoms. The molecule has 0 spiro atoms. The van der Waals surface area contributed by atoms with E-state index in [0.29, 0.717) is 5.89 Å². The SMILES string of the molecule is CC(C)(C)c1cc(-c2ccc([Si](C)(C)C)cc2)c2nc(-c3ccccc3N=Cc3cc4ccccc4c4ccccc34)oc2c1. The fourth-order valence-corrected chi connectivity index (χ4v) is 7.21. The Kier molecular flexibility index (Phi) is 7.06. The molecule has 0 aliphatic rings.